The molecule has 7 nitrogen and oxygen atoms in total. The summed E-state index contributed by atoms with van der Waals surface area (Å²) in [5.41, 5.74) is -0.00900. The number of aryl methyl sites for hydroxylation is 1. The zero-order chi connectivity index (χ0) is 32.1. The van der Waals surface area contributed by atoms with Crippen LogP contribution in [0.4, 0.5) is 18.9 Å². The van der Waals surface area contributed by atoms with Crippen LogP contribution in [0, 0.1) is 6.92 Å². The highest BCUT2D eigenvalue weighted by atomic mass is 35.5. The summed E-state index contributed by atoms with van der Waals surface area (Å²) in [7, 11) is -4.53. The highest BCUT2D eigenvalue weighted by molar-refractivity contribution is 7.92. The third-order valence-electron chi connectivity index (χ3n) is 7.71. The monoisotopic (exact) mass is 649 g/mol. The highest BCUT2D eigenvalue weighted by Crippen LogP contribution is 2.38. The summed E-state index contributed by atoms with van der Waals surface area (Å²) < 4.78 is 69.7. The van der Waals surface area contributed by atoms with Crippen LogP contribution >= 0.6 is 11.6 Å². The quantitative estimate of drug-likeness (QED) is 0.264. The van der Waals surface area contributed by atoms with Crippen LogP contribution in [-0.4, -0.2) is 43.8 Å². The van der Waals surface area contributed by atoms with Crippen LogP contribution in [0.1, 0.15) is 55.7 Å². The van der Waals surface area contributed by atoms with E-state index in [1.807, 2.05) is 19.1 Å². The summed E-state index contributed by atoms with van der Waals surface area (Å²) in [5.74, 6) is -1.15. The van der Waals surface area contributed by atoms with Crippen molar-refractivity contribution in [2.75, 3.05) is 10.8 Å². The molecule has 0 aromatic heterocycles. The van der Waals surface area contributed by atoms with Crippen LogP contribution in [0.2, 0.25) is 5.02 Å². The van der Waals surface area contributed by atoms with Gasteiger partial charge in [0.15, 0.2) is 0 Å². The summed E-state index contributed by atoms with van der Waals surface area (Å²) in [6.45, 7) is 2.56. The van der Waals surface area contributed by atoms with Crippen LogP contribution in [0.3, 0.4) is 0 Å². The number of rotatable bonds is 10. The summed E-state index contributed by atoms with van der Waals surface area (Å²) in [4.78, 5) is 28.5. The van der Waals surface area contributed by atoms with Gasteiger partial charge in [-0.05, 0) is 62.6 Å². The molecular weight excluding hydrogens is 615 g/mol. The second-order valence-electron chi connectivity index (χ2n) is 11.0. The van der Waals surface area contributed by atoms with Gasteiger partial charge in [-0.3, -0.25) is 13.9 Å². The second-order valence-corrected chi connectivity index (χ2v) is 13.3. The van der Waals surface area contributed by atoms with Gasteiger partial charge in [0.1, 0.15) is 12.6 Å². The molecule has 1 fully saturated rings. The molecule has 0 saturated heterocycles. The molecule has 2 amide bonds. The topological polar surface area (TPSA) is 86.8 Å². The van der Waals surface area contributed by atoms with Gasteiger partial charge < -0.3 is 10.2 Å². The van der Waals surface area contributed by atoms with Crippen LogP contribution in [0.15, 0.2) is 77.7 Å². The average Bonchev–Trinajstić information content (AvgIpc) is 2.99. The Bertz CT molecular complexity index is 1580. The number of nitrogens with one attached hydrogen (secondary N) is 1. The van der Waals surface area contributed by atoms with Crippen LogP contribution in [0.5, 0.6) is 0 Å². The first-order chi connectivity index (χ1) is 20.8. The maximum absolute atomic E-state index is 14.1. The standard InChI is InChI=1S/C32H35ClF3N3O4S/c1-22-10-9-11-24(18-22)20-38(23(2)31(41)37-25-12-5-3-6-13-25)30(40)21-39(44(42,43)27-14-7-4-8-15-27)26-16-17-29(33)28(19-26)32(34,35)36/h4,7-11,14-19,23,25H,3,5-6,12-13,20-21H2,1-2H3,(H,37,41)/t23-/m0/s1. The Morgan fingerprint density at radius 1 is 0.977 bits per heavy atom. The molecule has 0 heterocycles. The molecule has 1 atom stereocenters. The molecule has 12 heteroatoms. The van der Waals surface area contributed by atoms with E-state index in [9.17, 15) is 31.2 Å². The van der Waals surface area contributed by atoms with Gasteiger partial charge in [-0.2, -0.15) is 13.2 Å². The maximum atomic E-state index is 14.1. The van der Waals surface area contributed by atoms with E-state index >= 15 is 0 Å². The van der Waals surface area contributed by atoms with Gasteiger partial charge in [0, 0.05) is 12.6 Å². The van der Waals surface area contributed by atoms with E-state index in [0.29, 0.717) is 15.9 Å². The molecule has 0 radical (unpaired) electrons. The predicted molar refractivity (Wildman–Crippen MR) is 164 cm³/mol. The fourth-order valence-corrected chi connectivity index (χ4v) is 6.94. The fraction of sp³-hybridized carbons (Fsp3) is 0.375. The van der Waals surface area contributed by atoms with Crippen LogP contribution in [0.25, 0.3) is 0 Å². The van der Waals surface area contributed by atoms with E-state index in [0.717, 1.165) is 49.8 Å². The van der Waals surface area contributed by atoms with Crippen molar-refractivity contribution in [3.8, 4) is 0 Å². The van der Waals surface area contributed by atoms with Crippen molar-refractivity contribution in [2.45, 2.75) is 75.7 Å². The molecule has 1 N–H and O–H groups in total. The first-order valence-corrected chi connectivity index (χ1v) is 16.2. The van der Waals surface area contributed by atoms with Crippen molar-refractivity contribution in [3.63, 3.8) is 0 Å². The number of sulfonamides is 1. The van der Waals surface area contributed by atoms with Gasteiger partial charge in [-0.1, -0.05) is 78.9 Å². The number of benzene rings is 3. The summed E-state index contributed by atoms with van der Waals surface area (Å²) in [5, 5.41) is 2.41. The van der Waals surface area contributed by atoms with Crippen molar-refractivity contribution < 1.29 is 31.2 Å². The smallest absolute Gasteiger partial charge is 0.352 e. The zero-order valence-corrected chi connectivity index (χ0v) is 26.1. The van der Waals surface area contributed by atoms with E-state index in [2.05, 4.69) is 5.32 Å². The Kier molecular flexibility index (Phi) is 10.6. The number of amides is 2. The Morgan fingerprint density at radius 2 is 1.66 bits per heavy atom. The minimum atomic E-state index is -4.87. The fourth-order valence-electron chi connectivity index (χ4n) is 5.29. The summed E-state index contributed by atoms with van der Waals surface area (Å²) in [6, 6.07) is 16.1. The van der Waals surface area contributed by atoms with E-state index in [1.54, 1.807) is 25.1 Å². The number of alkyl halides is 3. The summed E-state index contributed by atoms with van der Waals surface area (Å²) >= 11 is 5.82. The molecule has 0 unspecified atom stereocenters. The van der Waals surface area contributed by atoms with E-state index in [-0.39, 0.29) is 23.4 Å². The lowest BCUT2D eigenvalue weighted by atomic mass is 9.95. The largest absolute Gasteiger partial charge is 0.417 e. The molecule has 3 aromatic carbocycles. The Hall–Kier alpha value is -3.57. The number of halogens is 4. The van der Waals surface area contributed by atoms with Gasteiger partial charge >= 0.3 is 6.18 Å². The van der Waals surface area contributed by atoms with Gasteiger partial charge in [-0.25, -0.2) is 8.42 Å². The van der Waals surface area contributed by atoms with Crippen molar-refractivity contribution in [3.05, 3.63) is 94.5 Å². The Morgan fingerprint density at radius 3 is 2.30 bits per heavy atom. The lowest BCUT2D eigenvalue weighted by molar-refractivity contribution is -0.139. The molecular formula is C32H35ClF3N3O4S. The van der Waals surface area contributed by atoms with Gasteiger partial charge in [0.2, 0.25) is 11.8 Å². The SMILES string of the molecule is Cc1cccc(CN(C(=O)CN(c2ccc(Cl)c(C(F)(F)F)c2)S(=O)(=O)c2ccccc2)[C@@H](C)C(=O)NC2CCCCC2)c1. The second kappa shape index (κ2) is 14.0. The lowest BCUT2D eigenvalue weighted by Gasteiger charge is -2.33. The Balaban J connectivity index is 1.74. The zero-order valence-electron chi connectivity index (χ0n) is 24.5. The first-order valence-electron chi connectivity index (χ1n) is 14.4. The first kappa shape index (κ1) is 33.3. The molecule has 44 heavy (non-hydrogen) atoms. The Labute approximate surface area is 261 Å². The molecule has 0 spiro atoms. The van der Waals surface area contributed by atoms with E-state index in [4.69, 9.17) is 11.6 Å². The van der Waals surface area contributed by atoms with Crippen molar-refractivity contribution in [1.29, 1.82) is 0 Å². The van der Waals surface area contributed by atoms with Crippen molar-refractivity contribution in [2.24, 2.45) is 0 Å². The van der Waals surface area contributed by atoms with E-state index in [1.165, 1.54) is 29.2 Å². The maximum Gasteiger partial charge on any atom is 0.417 e. The molecule has 3 aromatic rings. The third-order valence-corrected chi connectivity index (χ3v) is 9.83. The van der Waals surface area contributed by atoms with Gasteiger partial charge in [-0.15, -0.1) is 0 Å². The van der Waals surface area contributed by atoms with E-state index < -0.39 is 51.0 Å². The number of hydrogen-bond acceptors (Lipinski definition) is 4. The number of hydrogen-bond donors (Lipinski definition) is 1. The number of carbonyl (C=O) groups excluding carboxylic acids is 2. The lowest BCUT2D eigenvalue weighted by Crippen LogP contribution is -2.53. The molecule has 0 bridgehead atoms. The minimum absolute atomic E-state index is 0.0204. The molecule has 236 valence electrons. The molecule has 1 aliphatic rings. The van der Waals surface area contributed by atoms with Gasteiger partial charge in [0.05, 0.1) is 21.2 Å². The summed E-state index contributed by atoms with van der Waals surface area (Å²) in [6.07, 6.45) is -0.164. The normalized spacial score (nSPS) is 15.0. The molecule has 1 saturated carbocycles. The molecule has 4 rings (SSSR count). The van der Waals surface area contributed by atoms with Gasteiger partial charge in [0.25, 0.3) is 10.0 Å². The van der Waals surface area contributed by atoms with Crippen molar-refractivity contribution >= 4 is 39.1 Å². The number of nitrogens with zero attached hydrogens (tertiary/aromatic N) is 2. The number of anilines is 1. The predicted octanol–water partition coefficient (Wildman–Crippen LogP) is 6.73. The third kappa shape index (κ3) is 8.12. The van der Waals surface area contributed by atoms with Crippen LogP contribution in [-0.2, 0) is 32.3 Å². The minimum Gasteiger partial charge on any atom is -0.352 e. The molecule has 1 aliphatic carbocycles. The highest BCUT2D eigenvalue weighted by Gasteiger charge is 2.37. The molecule has 0 aliphatic heterocycles. The number of carbonyl (C=O) groups is 2. The average molecular weight is 650 g/mol. The van der Waals surface area contributed by atoms with Crippen LogP contribution < -0.4 is 9.62 Å². The van der Waals surface area contributed by atoms with Crippen molar-refractivity contribution in [1.82, 2.24) is 10.2 Å².